The van der Waals surface area contributed by atoms with Crippen LogP contribution in [-0.2, 0) is 0 Å². The van der Waals surface area contributed by atoms with Crippen LogP contribution in [0.15, 0.2) is 30.5 Å². The van der Waals surface area contributed by atoms with Crippen molar-refractivity contribution in [3.63, 3.8) is 0 Å². The summed E-state index contributed by atoms with van der Waals surface area (Å²) in [4.78, 5) is 0. The Labute approximate surface area is 81.6 Å². The molecule has 0 fully saturated rings. The zero-order valence-corrected chi connectivity index (χ0v) is 8.06. The maximum Gasteiger partial charge on any atom is 0.128 e. The second-order valence-corrected chi connectivity index (χ2v) is 2.98. The first-order valence-corrected chi connectivity index (χ1v) is 4.22. The van der Waals surface area contributed by atoms with Crippen molar-refractivity contribution >= 4 is 23.2 Å². The van der Waals surface area contributed by atoms with Gasteiger partial charge in [-0.3, -0.25) is 0 Å². The van der Waals surface area contributed by atoms with Crippen molar-refractivity contribution in [3.05, 3.63) is 40.6 Å². The lowest BCUT2D eigenvalue weighted by Gasteiger charge is -2.00. The minimum absolute atomic E-state index is 0.499. The second kappa shape index (κ2) is 4.39. The van der Waals surface area contributed by atoms with E-state index in [2.05, 4.69) is 0 Å². The lowest BCUT2D eigenvalue weighted by molar-refractivity contribution is 0.480. The van der Waals surface area contributed by atoms with E-state index in [9.17, 15) is 0 Å². The molecule has 3 heteroatoms. The van der Waals surface area contributed by atoms with Crippen molar-refractivity contribution in [2.75, 3.05) is 0 Å². The quantitative estimate of drug-likeness (QED) is 0.662. The van der Waals surface area contributed by atoms with Gasteiger partial charge >= 0.3 is 0 Å². The van der Waals surface area contributed by atoms with Gasteiger partial charge in [-0.1, -0.05) is 29.3 Å². The predicted octanol–water partition coefficient (Wildman–Crippen LogP) is 3.91. The van der Waals surface area contributed by atoms with Gasteiger partial charge in [0.2, 0.25) is 0 Å². The predicted molar refractivity (Wildman–Crippen MR) is 51.9 cm³/mol. The molecule has 1 nitrogen and oxygen atoms in total. The number of ether oxygens (including phenoxy) is 1. The highest BCUT2D eigenvalue weighted by Crippen LogP contribution is 2.26. The molecule has 0 aliphatic rings. The molecule has 1 aromatic carbocycles. The molecule has 0 saturated carbocycles. The fourth-order valence-electron chi connectivity index (χ4n) is 0.697. The fraction of sp³-hybridized carbons (Fsp3) is 0.111. The molecule has 0 aliphatic heterocycles. The van der Waals surface area contributed by atoms with Gasteiger partial charge in [0, 0.05) is 6.07 Å². The Kier molecular flexibility index (Phi) is 3.45. The number of rotatable bonds is 2. The van der Waals surface area contributed by atoms with E-state index >= 15 is 0 Å². The van der Waals surface area contributed by atoms with E-state index in [0.717, 1.165) is 0 Å². The third-order valence-corrected chi connectivity index (χ3v) is 1.97. The van der Waals surface area contributed by atoms with E-state index in [4.69, 9.17) is 27.9 Å². The number of halogens is 2. The molecule has 0 amide bonds. The highest BCUT2D eigenvalue weighted by molar-refractivity contribution is 6.42. The summed E-state index contributed by atoms with van der Waals surface area (Å²) in [6.45, 7) is 1.87. The summed E-state index contributed by atoms with van der Waals surface area (Å²) in [6.07, 6.45) is 3.38. The lowest BCUT2D eigenvalue weighted by Crippen LogP contribution is -1.80. The lowest BCUT2D eigenvalue weighted by atomic mass is 10.3. The van der Waals surface area contributed by atoms with Crippen LogP contribution in [0.25, 0.3) is 0 Å². The molecule has 64 valence electrons. The van der Waals surface area contributed by atoms with E-state index in [0.29, 0.717) is 15.8 Å². The van der Waals surface area contributed by atoms with Crippen LogP contribution in [-0.4, -0.2) is 0 Å². The van der Waals surface area contributed by atoms with Crippen molar-refractivity contribution in [2.24, 2.45) is 0 Å². The monoisotopic (exact) mass is 202 g/mol. The van der Waals surface area contributed by atoms with Gasteiger partial charge in [0.05, 0.1) is 16.3 Å². The largest absolute Gasteiger partial charge is 0.465 e. The standard InChI is InChI=1S/C9H8Cl2O/c1-2-5-12-7-3-4-8(10)9(11)6-7/h2-6H,1H3/b5-2-. The first-order chi connectivity index (χ1) is 5.74. The SMILES string of the molecule is C/C=C\Oc1ccc(Cl)c(Cl)c1. The third kappa shape index (κ3) is 2.43. The van der Waals surface area contributed by atoms with Crippen LogP contribution in [0.5, 0.6) is 5.75 Å². The van der Waals surface area contributed by atoms with Gasteiger partial charge in [-0.2, -0.15) is 0 Å². The molecule has 0 saturated heterocycles. The molecular formula is C9H8Cl2O. The number of hydrogen-bond acceptors (Lipinski definition) is 1. The molecule has 0 atom stereocenters. The van der Waals surface area contributed by atoms with Crippen molar-refractivity contribution in [1.29, 1.82) is 0 Å². The van der Waals surface area contributed by atoms with Gasteiger partial charge in [-0.15, -0.1) is 0 Å². The number of allylic oxidation sites excluding steroid dienone is 1. The highest BCUT2D eigenvalue weighted by Gasteiger charge is 1.98. The number of hydrogen-bond donors (Lipinski definition) is 0. The van der Waals surface area contributed by atoms with E-state index in [1.165, 1.54) is 0 Å². The maximum atomic E-state index is 5.76. The van der Waals surface area contributed by atoms with Crippen molar-refractivity contribution in [1.82, 2.24) is 0 Å². The van der Waals surface area contributed by atoms with Gasteiger partial charge < -0.3 is 4.74 Å². The molecule has 0 radical (unpaired) electrons. The van der Waals surface area contributed by atoms with Crippen LogP contribution >= 0.6 is 23.2 Å². The van der Waals surface area contributed by atoms with Crippen LogP contribution in [0.3, 0.4) is 0 Å². The van der Waals surface area contributed by atoms with Crippen LogP contribution in [0.4, 0.5) is 0 Å². The van der Waals surface area contributed by atoms with Crippen LogP contribution < -0.4 is 4.74 Å². The molecule has 0 heterocycles. The Bertz CT molecular complexity index is 295. The summed E-state index contributed by atoms with van der Waals surface area (Å²) in [5.74, 6) is 0.683. The summed E-state index contributed by atoms with van der Waals surface area (Å²) >= 11 is 11.5. The van der Waals surface area contributed by atoms with E-state index in [1.807, 2.05) is 6.92 Å². The fourth-order valence-corrected chi connectivity index (χ4v) is 0.985. The minimum Gasteiger partial charge on any atom is -0.465 e. The topological polar surface area (TPSA) is 9.23 Å². The average Bonchev–Trinajstić information content (AvgIpc) is 2.07. The van der Waals surface area contributed by atoms with Gasteiger partial charge in [-0.25, -0.2) is 0 Å². The van der Waals surface area contributed by atoms with Crippen molar-refractivity contribution < 1.29 is 4.74 Å². The molecule has 0 aliphatic carbocycles. The first kappa shape index (κ1) is 9.43. The van der Waals surface area contributed by atoms with Gasteiger partial charge in [0.25, 0.3) is 0 Å². The summed E-state index contributed by atoms with van der Waals surface area (Å²) in [5, 5.41) is 1.03. The first-order valence-electron chi connectivity index (χ1n) is 3.47. The molecule has 0 aromatic heterocycles. The smallest absolute Gasteiger partial charge is 0.128 e. The van der Waals surface area contributed by atoms with Crippen LogP contribution in [0, 0.1) is 0 Å². The van der Waals surface area contributed by atoms with Crippen LogP contribution in [0.2, 0.25) is 10.0 Å². The molecule has 1 aromatic rings. The van der Waals surface area contributed by atoms with E-state index in [-0.39, 0.29) is 0 Å². The van der Waals surface area contributed by atoms with Crippen molar-refractivity contribution in [2.45, 2.75) is 6.92 Å². The minimum atomic E-state index is 0.499. The summed E-state index contributed by atoms with van der Waals surface area (Å²) in [5.41, 5.74) is 0. The maximum absolute atomic E-state index is 5.76. The molecule has 12 heavy (non-hydrogen) atoms. The van der Waals surface area contributed by atoms with E-state index < -0.39 is 0 Å². The molecule has 1 rings (SSSR count). The zero-order valence-electron chi connectivity index (χ0n) is 6.55. The summed E-state index contributed by atoms with van der Waals surface area (Å²) in [6, 6.07) is 5.13. The van der Waals surface area contributed by atoms with Gasteiger partial charge in [0.15, 0.2) is 0 Å². The van der Waals surface area contributed by atoms with E-state index in [1.54, 1.807) is 30.5 Å². The Morgan fingerprint density at radius 2 is 2.00 bits per heavy atom. The molecule has 0 bridgehead atoms. The molecule has 0 N–H and O–H groups in total. The van der Waals surface area contributed by atoms with Gasteiger partial charge in [0.1, 0.15) is 5.75 Å². The Hall–Kier alpha value is -0.660. The van der Waals surface area contributed by atoms with Gasteiger partial charge in [-0.05, 0) is 19.1 Å². The average molecular weight is 203 g/mol. The molecule has 0 unspecified atom stereocenters. The summed E-state index contributed by atoms with van der Waals surface area (Å²) < 4.78 is 5.17. The number of benzene rings is 1. The van der Waals surface area contributed by atoms with Crippen molar-refractivity contribution in [3.8, 4) is 5.75 Å². The third-order valence-electron chi connectivity index (χ3n) is 1.23. The Morgan fingerprint density at radius 1 is 1.25 bits per heavy atom. The molecule has 0 spiro atoms. The Balaban J connectivity index is 2.82. The zero-order chi connectivity index (χ0) is 8.97. The highest BCUT2D eigenvalue weighted by atomic mass is 35.5. The summed E-state index contributed by atoms with van der Waals surface area (Å²) in [7, 11) is 0. The molecular weight excluding hydrogens is 195 g/mol. The normalized spacial score (nSPS) is 10.6. The second-order valence-electron chi connectivity index (χ2n) is 2.16. The Morgan fingerprint density at radius 3 is 2.58 bits per heavy atom. The van der Waals surface area contributed by atoms with Crippen LogP contribution in [0.1, 0.15) is 6.92 Å².